The predicted octanol–water partition coefficient (Wildman–Crippen LogP) is 1.64. The van der Waals surface area contributed by atoms with Crippen molar-refractivity contribution in [3.8, 4) is 5.75 Å². The lowest BCUT2D eigenvalue weighted by molar-refractivity contribution is 0.0934. The van der Waals surface area contributed by atoms with Crippen LogP contribution in [0.25, 0.3) is 0 Å². The minimum atomic E-state index is -0.719. The molecule has 1 heterocycles. The smallest absolute Gasteiger partial charge is 0.251 e. The molecule has 1 fully saturated rings. The molecule has 0 aromatic heterocycles. The van der Waals surface area contributed by atoms with Crippen LogP contribution in [0.15, 0.2) is 18.2 Å². The van der Waals surface area contributed by atoms with Gasteiger partial charge in [0.25, 0.3) is 5.91 Å². The molecule has 2 rings (SSSR count). The largest absolute Gasteiger partial charge is 0.507 e. The van der Waals surface area contributed by atoms with Crippen molar-refractivity contribution in [2.45, 2.75) is 18.9 Å². The van der Waals surface area contributed by atoms with Crippen molar-refractivity contribution in [2.24, 2.45) is 0 Å². The van der Waals surface area contributed by atoms with E-state index >= 15 is 0 Å². The second-order valence-electron chi connectivity index (χ2n) is 4.26. The van der Waals surface area contributed by atoms with E-state index in [0.29, 0.717) is 17.1 Å². The molecule has 2 N–H and O–H groups in total. The first-order chi connectivity index (χ1) is 8.56. The summed E-state index contributed by atoms with van der Waals surface area (Å²) >= 11 is 2.01. The Morgan fingerprint density at radius 3 is 2.67 bits per heavy atom. The number of hydrogen-bond donors (Lipinski definition) is 2. The Kier molecular flexibility index (Phi) is 4.60. The zero-order valence-corrected chi connectivity index (χ0v) is 12.7. The van der Waals surface area contributed by atoms with Gasteiger partial charge in [0.15, 0.2) is 0 Å². The summed E-state index contributed by atoms with van der Waals surface area (Å²) in [5.41, 5.74) is 0.458. The van der Waals surface area contributed by atoms with Gasteiger partial charge in [0.1, 0.15) is 5.75 Å². The molecule has 0 unspecified atom stereocenters. The second-order valence-corrected chi connectivity index (χ2v) is 7.12. The lowest BCUT2D eigenvalue weighted by atomic mass is 10.1. The van der Waals surface area contributed by atoms with Gasteiger partial charge in [-0.15, -0.1) is 0 Å². The van der Waals surface area contributed by atoms with Crippen molar-refractivity contribution in [1.82, 2.24) is 5.32 Å². The molecule has 0 atom stereocenters. The molecule has 0 radical (unpaired) electrons. The van der Waals surface area contributed by atoms with Gasteiger partial charge in [-0.05, 0) is 53.6 Å². The van der Waals surface area contributed by atoms with Gasteiger partial charge in [0.05, 0.1) is 3.57 Å². The van der Waals surface area contributed by atoms with Gasteiger partial charge in [0, 0.05) is 33.9 Å². The maximum Gasteiger partial charge on any atom is 0.251 e. The number of rotatable bonds is 2. The number of carbonyl (C=O) groups excluding carboxylic acids is 1. The standard InChI is InChI=1S/C12H14INO3S/c13-10-2-1-8(7-11(10)15)12(16)14-9-3-5-18(17)6-4-9/h1-2,7,9,15H,3-6H2,(H,14,16). The number of phenols is 1. The zero-order chi connectivity index (χ0) is 13.1. The molecule has 1 aliphatic rings. The normalized spacial score (nSPS) is 23.6. The van der Waals surface area contributed by atoms with Crippen molar-refractivity contribution >= 4 is 39.3 Å². The minimum absolute atomic E-state index is 0.0941. The third-order valence-electron chi connectivity index (χ3n) is 2.93. The van der Waals surface area contributed by atoms with Crippen LogP contribution in [0.3, 0.4) is 0 Å². The van der Waals surface area contributed by atoms with Gasteiger partial charge in [0.2, 0.25) is 0 Å². The molecule has 6 heteroatoms. The molecule has 1 aliphatic heterocycles. The molecule has 98 valence electrons. The van der Waals surface area contributed by atoms with Crippen LogP contribution < -0.4 is 5.32 Å². The average Bonchev–Trinajstić information content (AvgIpc) is 2.35. The number of hydrogen-bond acceptors (Lipinski definition) is 3. The van der Waals surface area contributed by atoms with Crippen LogP contribution in [0, 0.1) is 3.57 Å². The van der Waals surface area contributed by atoms with Gasteiger partial charge in [-0.25, -0.2) is 0 Å². The molecular formula is C12H14INO3S. The van der Waals surface area contributed by atoms with Crippen molar-refractivity contribution < 1.29 is 14.1 Å². The van der Waals surface area contributed by atoms with Crippen LogP contribution >= 0.6 is 22.6 Å². The number of aromatic hydroxyl groups is 1. The monoisotopic (exact) mass is 379 g/mol. The van der Waals surface area contributed by atoms with Crippen LogP contribution in [-0.4, -0.2) is 32.8 Å². The van der Waals surface area contributed by atoms with E-state index < -0.39 is 10.8 Å². The van der Waals surface area contributed by atoms with Gasteiger partial charge in [-0.2, -0.15) is 0 Å². The second kappa shape index (κ2) is 6.01. The number of halogens is 1. The highest BCUT2D eigenvalue weighted by molar-refractivity contribution is 14.1. The highest BCUT2D eigenvalue weighted by Gasteiger charge is 2.20. The topological polar surface area (TPSA) is 66.4 Å². The zero-order valence-electron chi connectivity index (χ0n) is 9.69. The first-order valence-corrected chi connectivity index (χ1v) is 8.27. The molecule has 0 bridgehead atoms. The lowest BCUT2D eigenvalue weighted by Crippen LogP contribution is -2.39. The van der Waals surface area contributed by atoms with Crippen molar-refractivity contribution in [1.29, 1.82) is 0 Å². The molecule has 0 spiro atoms. The summed E-state index contributed by atoms with van der Waals surface area (Å²) in [7, 11) is -0.719. The van der Waals surface area contributed by atoms with Crippen LogP contribution in [0.1, 0.15) is 23.2 Å². The fourth-order valence-corrected chi connectivity index (χ4v) is 3.50. The molecule has 0 saturated carbocycles. The molecule has 18 heavy (non-hydrogen) atoms. The molecule has 1 aromatic carbocycles. The summed E-state index contributed by atoms with van der Waals surface area (Å²) in [6, 6.07) is 4.97. The molecule has 1 saturated heterocycles. The number of benzene rings is 1. The highest BCUT2D eigenvalue weighted by atomic mass is 127. The third-order valence-corrected chi connectivity index (χ3v) is 5.23. The first-order valence-electron chi connectivity index (χ1n) is 5.70. The van der Waals surface area contributed by atoms with Gasteiger partial charge >= 0.3 is 0 Å². The number of nitrogens with one attached hydrogen (secondary N) is 1. The Bertz CT molecular complexity index is 482. The van der Waals surface area contributed by atoms with Crippen molar-refractivity contribution in [2.75, 3.05) is 11.5 Å². The highest BCUT2D eigenvalue weighted by Crippen LogP contribution is 2.20. The number of phenolic OH excluding ortho intramolecular Hbond substituents is 1. The fourth-order valence-electron chi connectivity index (χ4n) is 1.86. The van der Waals surface area contributed by atoms with E-state index in [4.69, 9.17) is 0 Å². The Morgan fingerprint density at radius 1 is 1.39 bits per heavy atom. The number of amides is 1. The molecule has 4 nitrogen and oxygen atoms in total. The summed E-state index contributed by atoms with van der Waals surface area (Å²) < 4.78 is 11.9. The SMILES string of the molecule is O=C(NC1CCS(=O)CC1)c1ccc(I)c(O)c1. The van der Waals surface area contributed by atoms with Gasteiger partial charge in [-0.3, -0.25) is 9.00 Å². The maximum absolute atomic E-state index is 12.0. The molecule has 0 aliphatic carbocycles. The Labute approximate surface area is 122 Å². The van der Waals surface area contributed by atoms with Gasteiger partial charge < -0.3 is 10.4 Å². The third kappa shape index (κ3) is 3.44. The summed E-state index contributed by atoms with van der Waals surface area (Å²) in [6.07, 6.45) is 1.52. The van der Waals surface area contributed by atoms with Crippen LogP contribution in [-0.2, 0) is 10.8 Å². The Morgan fingerprint density at radius 2 is 2.06 bits per heavy atom. The fraction of sp³-hybridized carbons (Fsp3) is 0.417. The summed E-state index contributed by atoms with van der Waals surface area (Å²) in [4.78, 5) is 12.0. The Balaban J connectivity index is 1.99. The van der Waals surface area contributed by atoms with Crippen molar-refractivity contribution in [3.05, 3.63) is 27.3 Å². The van der Waals surface area contributed by atoms with E-state index in [9.17, 15) is 14.1 Å². The summed E-state index contributed by atoms with van der Waals surface area (Å²) in [5, 5.41) is 12.5. The quantitative estimate of drug-likeness (QED) is 0.768. The van der Waals surface area contributed by atoms with E-state index in [0.717, 1.165) is 16.4 Å². The van der Waals surface area contributed by atoms with Crippen LogP contribution in [0.5, 0.6) is 5.75 Å². The van der Waals surface area contributed by atoms with Crippen molar-refractivity contribution in [3.63, 3.8) is 0 Å². The molecule has 1 aromatic rings. The maximum atomic E-state index is 12.0. The van der Waals surface area contributed by atoms with E-state index in [2.05, 4.69) is 5.32 Å². The van der Waals surface area contributed by atoms with E-state index in [1.54, 1.807) is 12.1 Å². The predicted molar refractivity (Wildman–Crippen MR) is 79.2 cm³/mol. The summed E-state index contributed by atoms with van der Waals surface area (Å²) in [6.45, 7) is 0. The molecule has 1 amide bonds. The first kappa shape index (κ1) is 13.8. The van der Waals surface area contributed by atoms with E-state index in [1.165, 1.54) is 6.07 Å². The minimum Gasteiger partial charge on any atom is -0.507 e. The lowest BCUT2D eigenvalue weighted by Gasteiger charge is -2.22. The molecular weight excluding hydrogens is 365 g/mol. The summed E-state index contributed by atoms with van der Waals surface area (Å²) in [5.74, 6) is 1.25. The van der Waals surface area contributed by atoms with Crippen LogP contribution in [0.2, 0.25) is 0 Å². The average molecular weight is 379 g/mol. The van der Waals surface area contributed by atoms with Crippen LogP contribution in [0.4, 0.5) is 0 Å². The van der Waals surface area contributed by atoms with E-state index in [1.807, 2.05) is 22.6 Å². The Hall–Kier alpha value is -0.630. The van der Waals surface area contributed by atoms with E-state index in [-0.39, 0.29) is 17.7 Å². The van der Waals surface area contributed by atoms with Gasteiger partial charge in [-0.1, -0.05) is 0 Å². The number of carbonyl (C=O) groups is 1.